The van der Waals surface area contributed by atoms with Crippen LogP contribution in [0.4, 0.5) is 14.7 Å². The predicted octanol–water partition coefficient (Wildman–Crippen LogP) is 1.65. The molecule has 0 fully saturated rings. The SMILES string of the molecule is Cc1ccc(F)c(-c2nc(N)n(C)n2)c1F. The van der Waals surface area contributed by atoms with Crippen molar-refractivity contribution in [1.82, 2.24) is 14.8 Å². The molecular formula is C10H10F2N4. The summed E-state index contributed by atoms with van der Waals surface area (Å²) in [5.74, 6) is -1.30. The van der Waals surface area contributed by atoms with Crippen LogP contribution in [-0.4, -0.2) is 14.8 Å². The van der Waals surface area contributed by atoms with E-state index in [2.05, 4.69) is 10.1 Å². The Bertz CT molecular complexity index is 528. The standard InChI is InChI=1S/C10H10F2N4/c1-5-3-4-6(11)7(8(5)12)9-14-10(13)16(2)15-9/h3-4H,1-2H3,(H2,13,14,15). The number of hydrogen-bond acceptors (Lipinski definition) is 3. The van der Waals surface area contributed by atoms with Gasteiger partial charge in [0.05, 0.1) is 5.56 Å². The summed E-state index contributed by atoms with van der Waals surface area (Å²) >= 11 is 0. The molecule has 2 aromatic rings. The maximum atomic E-state index is 13.7. The maximum absolute atomic E-state index is 13.7. The van der Waals surface area contributed by atoms with Gasteiger partial charge in [0.25, 0.3) is 0 Å². The van der Waals surface area contributed by atoms with Crippen molar-refractivity contribution >= 4 is 5.95 Å². The fourth-order valence-corrected chi connectivity index (χ4v) is 1.36. The second kappa shape index (κ2) is 3.55. The van der Waals surface area contributed by atoms with Crippen molar-refractivity contribution in [2.75, 3.05) is 5.73 Å². The molecule has 0 aliphatic rings. The molecule has 0 radical (unpaired) electrons. The van der Waals surface area contributed by atoms with Crippen LogP contribution in [0.5, 0.6) is 0 Å². The lowest BCUT2D eigenvalue weighted by Crippen LogP contribution is -1.98. The minimum Gasteiger partial charge on any atom is -0.368 e. The van der Waals surface area contributed by atoms with Crippen molar-refractivity contribution in [3.05, 3.63) is 29.3 Å². The number of nitrogens with zero attached hydrogens (tertiary/aromatic N) is 3. The van der Waals surface area contributed by atoms with Gasteiger partial charge in [0, 0.05) is 7.05 Å². The molecule has 6 heteroatoms. The first-order valence-corrected chi connectivity index (χ1v) is 4.62. The number of aromatic nitrogens is 3. The van der Waals surface area contributed by atoms with Gasteiger partial charge in [0.1, 0.15) is 11.6 Å². The number of nitrogens with two attached hydrogens (primary N) is 1. The largest absolute Gasteiger partial charge is 0.368 e. The van der Waals surface area contributed by atoms with Crippen LogP contribution in [0, 0.1) is 18.6 Å². The van der Waals surface area contributed by atoms with Crippen LogP contribution in [0.25, 0.3) is 11.4 Å². The third kappa shape index (κ3) is 1.52. The molecule has 1 heterocycles. The first kappa shape index (κ1) is 10.5. The monoisotopic (exact) mass is 224 g/mol. The van der Waals surface area contributed by atoms with E-state index in [0.717, 1.165) is 0 Å². The van der Waals surface area contributed by atoms with Crippen molar-refractivity contribution in [3.8, 4) is 11.4 Å². The molecule has 2 rings (SSSR count). The lowest BCUT2D eigenvalue weighted by molar-refractivity contribution is 0.581. The molecule has 0 aliphatic carbocycles. The summed E-state index contributed by atoms with van der Waals surface area (Å²) in [6.45, 7) is 1.55. The fraction of sp³-hybridized carbons (Fsp3) is 0.200. The molecule has 0 atom stereocenters. The van der Waals surface area contributed by atoms with Gasteiger partial charge >= 0.3 is 0 Å². The highest BCUT2D eigenvalue weighted by atomic mass is 19.1. The Balaban J connectivity index is 2.68. The average molecular weight is 224 g/mol. The third-order valence-corrected chi connectivity index (χ3v) is 2.30. The predicted molar refractivity (Wildman–Crippen MR) is 55.5 cm³/mol. The van der Waals surface area contributed by atoms with Crippen molar-refractivity contribution < 1.29 is 8.78 Å². The van der Waals surface area contributed by atoms with Gasteiger partial charge in [-0.3, -0.25) is 0 Å². The Kier molecular flexibility index (Phi) is 2.34. The van der Waals surface area contributed by atoms with E-state index in [0.29, 0.717) is 5.56 Å². The number of rotatable bonds is 1. The number of aryl methyl sites for hydroxylation is 2. The molecule has 1 aromatic carbocycles. The quantitative estimate of drug-likeness (QED) is 0.801. The van der Waals surface area contributed by atoms with E-state index in [-0.39, 0.29) is 17.3 Å². The molecule has 4 nitrogen and oxygen atoms in total. The lowest BCUT2D eigenvalue weighted by Gasteiger charge is -2.02. The van der Waals surface area contributed by atoms with Gasteiger partial charge in [-0.05, 0) is 18.6 Å². The molecule has 1 aromatic heterocycles. The highest BCUT2D eigenvalue weighted by Crippen LogP contribution is 2.25. The number of anilines is 1. The fourth-order valence-electron chi connectivity index (χ4n) is 1.36. The number of hydrogen-bond donors (Lipinski definition) is 1. The van der Waals surface area contributed by atoms with E-state index >= 15 is 0 Å². The average Bonchev–Trinajstić information content (AvgIpc) is 2.54. The summed E-state index contributed by atoms with van der Waals surface area (Å²) in [6.07, 6.45) is 0. The van der Waals surface area contributed by atoms with Crippen LogP contribution in [0.3, 0.4) is 0 Å². The molecule has 0 saturated heterocycles. The normalized spacial score (nSPS) is 10.8. The Morgan fingerprint density at radius 3 is 2.56 bits per heavy atom. The minimum absolute atomic E-state index is 0.0429. The maximum Gasteiger partial charge on any atom is 0.218 e. The zero-order chi connectivity index (χ0) is 11.9. The van der Waals surface area contributed by atoms with Crippen molar-refractivity contribution in [3.63, 3.8) is 0 Å². The van der Waals surface area contributed by atoms with Crippen LogP contribution in [0.15, 0.2) is 12.1 Å². The number of benzene rings is 1. The number of nitrogen functional groups attached to an aromatic ring is 1. The van der Waals surface area contributed by atoms with E-state index in [9.17, 15) is 8.78 Å². The van der Waals surface area contributed by atoms with Gasteiger partial charge in [-0.1, -0.05) is 6.07 Å². The molecule has 0 aliphatic heterocycles. The summed E-state index contributed by atoms with van der Waals surface area (Å²) in [7, 11) is 1.55. The van der Waals surface area contributed by atoms with Crippen LogP contribution in [0.2, 0.25) is 0 Å². The molecule has 0 spiro atoms. The van der Waals surface area contributed by atoms with Crippen LogP contribution in [0.1, 0.15) is 5.56 Å². The summed E-state index contributed by atoms with van der Waals surface area (Å²) in [6, 6.07) is 2.54. The van der Waals surface area contributed by atoms with Gasteiger partial charge in [-0.15, -0.1) is 5.10 Å². The molecule has 0 amide bonds. The first-order chi connectivity index (χ1) is 7.50. The van der Waals surface area contributed by atoms with Crippen molar-refractivity contribution in [2.45, 2.75) is 6.92 Å². The smallest absolute Gasteiger partial charge is 0.218 e. The zero-order valence-corrected chi connectivity index (χ0v) is 8.83. The molecule has 16 heavy (non-hydrogen) atoms. The third-order valence-electron chi connectivity index (χ3n) is 2.30. The van der Waals surface area contributed by atoms with E-state index in [1.807, 2.05) is 0 Å². The number of halogens is 2. The Labute approximate surface area is 90.7 Å². The summed E-state index contributed by atoms with van der Waals surface area (Å²) < 4.78 is 28.5. The Morgan fingerprint density at radius 1 is 1.31 bits per heavy atom. The van der Waals surface area contributed by atoms with Crippen LogP contribution >= 0.6 is 0 Å². The van der Waals surface area contributed by atoms with Crippen molar-refractivity contribution in [1.29, 1.82) is 0 Å². The first-order valence-electron chi connectivity index (χ1n) is 4.62. The van der Waals surface area contributed by atoms with E-state index in [1.54, 1.807) is 14.0 Å². The highest BCUT2D eigenvalue weighted by molar-refractivity contribution is 5.59. The molecule has 2 N–H and O–H groups in total. The molecule has 0 saturated carbocycles. The minimum atomic E-state index is -0.700. The van der Waals surface area contributed by atoms with E-state index < -0.39 is 11.6 Å². The van der Waals surface area contributed by atoms with Gasteiger partial charge < -0.3 is 5.73 Å². The second-order valence-electron chi connectivity index (χ2n) is 3.47. The van der Waals surface area contributed by atoms with Gasteiger partial charge in [0.2, 0.25) is 5.95 Å². The Hall–Kier alpha value is -1.98. The summed E-state index contributed by atoms with van der Waals surface area (Å²) in [5, 5.41) is 3.84. The van der Waals surface area contributed by atoms with Crippen LogP contribution in [-0.2, 0) is 7.05 Å². The molecule has 84 valence electrons. The Morgan fingerprint density at radius 2 is 2.00 bits per heavy atom. The molecule has 0 unspecified atom stereocenters. The lowest BCUT2D eigenvalue weighted by atomic mass is 10.1. The second-order valence-corrected chi connectivity index (χ2v) is 3.47. The van der Waals surface area contributed by atoms with Crippen LogP contribution < -0.4 is 5.73 Å². The van der Waals surface area contributed by atoms with E-state index in [4.69, 9.17) is 5.73 Å². The highest BCUT2D eigenvalue weighted by Gasteiger charge is 2.18. The molecule has 0 bridgehead atoms. The molecular weight excluding hydrogens is 214 g/mol. The van der Waals surface area contributed by atoms with Gasteiger partial charge in [-0.2, -0.15) is 4.98 Å². The van der Waals surface area contributed by atoms with E-state index in [1.165, 1.54) is 16.8 Å². The van der Waals surface area contributed by atoms with Gasteiger partial charge in [0.15, 0.2) is 5.82 Å². The zero-order valence-electron chi connectivity index (χ0n) is 8.83. The summed E-state index contributed by atoms with van der Waals surface area (Å²) in [5.41, 5.74) is 5.55. The summed E-state index contributed by atoms with van der Waals surface area (Å²) in [4.78, 5) is 3.79. The topological polar surface area (TPSA) is 56.7 Å². The van der Waals surface area contributed by atoms with Crippen molar-refractivity contribution in [2.24, 2.45) is 7.05 Å². The van der Waals surface area contributed by atoms with Gasteiger partial charge in [-0.25, -0.2) is 13.5 Å².